The first-order chi connectivity index (χ1) is 8.33. The van der Waals surface area contributed by atoms with Gasteiger partial charge in [-0.1, -0.05) is 11.6 Å². The van der Waals surface area contributed by atoms with Crippen molar-refractivity contribution in [2.24, 2.45) is 0 Å². The maximum atomic E-state index is 5.86. The van der Waals surface area contributed by atoms with Crippen LogP contribution in [0.5, 0.6) is 5.88 Å². The molecule has 0 unspecified atom stereocenters. The van der Waals surface area contributed by atoms with Gasteiger partial charge in [0.1, 0.15) is 17.8 Å². The second-order valence-electron chi connectivity index (χ2n) is 3.31. The second kappa shape index (κ2) is 4.60. The summed E-state index contributed by atoms with van der Waals surface area (Å²) >= 11 is 8.95. The van der Waals surface area contributed by atoms with Gasteiger partial charge in [0, 0.05) is 4.88 Å². The number of thiophene rings is 2. The highest BCUT2D eigenvalue weighted by molar-refractivity contribution is 7.16. The molecule has 0 N–H and O–H groups in total. The van der Waals surface area contributed by atoms with E-state index in [9.17, 15) is 0 Å². The van der Waals surface area contributed by atoms with Crippen molar-refractivity contribution in [1.29, 1.82) is 0 Å². The summed E-state index contributed by atoms with van der Waals surface area (Å²) in [6, 6.07) is 5.79. The fourth-order valence-corrected chi connectivity index (χ4v) is 3.18. The molecule has 0 aromatic carbocycles. The Morgan fingerprint density at radius 1 is 1.24 bits per heavy atom. The molecule has 3 aromatic rings. The molecule has 0 aliphatic carbocycles. The monoisotopic (exact) mass is 282 g/mol. The molecule has 0 radical (unpaired) electrons. The fourth-order valence-electron chi connectivity index (χ4n) is 1.45. The van der Waals surface area contributed by atoms with Crippen LogP contribution in [0.25, 0.3) is 10.2 Å². The van der Waals surface area contributed by atoms with E-state index in [1.165, 1.54) is 17.7 Å². The van der Waals surface area contributed by atoms with Crippen molar-refractivity contribution in [3.05, 3.63) is 39.1 Å². The third-order valence-electron chi connectivity index (χ3n) is 2.21. The smallest absolute Gasteiger partial charge is 0.225 e. The summed E-state index contributed by atoms with van der Waals surface area (Å²) in [5, 5.41) is 2.94. The second-order valence-corrected chi connectivity index (χ2v) is 6.01. The first-order valence-electron chi connectivity index (χ1n) is 4.88. The largest absolute Gasteiger partial charge is 0.471 e. The van der Waals surface area contributed by atoms with Crippen molar-refractivity contribution in [3.63, 3.8) is 0 Å². The van der Waals surface area contributed by atoms with Crippen molar-refractivity contribution in [3.8, 4) is 5.88 Å². The Balaban J connectivity index is 1.83. The van der Waals surface area contributed by atoms with E-state index in [4.69, 9.17) is 16.3 Å². The molecule has 0 aliphatic rings. The zero-order valence-corrected chi connectivity index (χ0v) is 11.0. The standard InChI is InChI=1S/C11H7ClN2OS2/c12-9-2-1-7(17-9)5-15-10-8-3-4-16-11(8)14-6-13-10/h1-4,6H,5H2. The Morgan fingerprint density at radius 2 is 2.18 bits per heavy atom. The van der Waals surface area contributed by atoms with Crippen LogP contribution < -0.4 is 4.74 Å². The van der Waals surface area contributed by atoms with E-state index < -0.39 is 0 Å². The Labute approximate surface area is 111 Å². The SMILES string of the molecule is Clc1ccc(COc2ncnc3sccc23)s1. The topological polar surface area (TPSA) is 35.0 Å². The summed E-state index contributed by atoms with van der Waals surface area (Å²) in [5.74, 6) is 0.626. The normalized spacial score (nSPS) is 10.9. The van der Waals surface area contributed by atoms with Crippen LogP contribution >= 0.6 is 34.3 Å². The molecule has 3 heterocycles. The van der Waals surface area contributed by atoms with Crippen LogP contribution in [-0.2, 0) is 6.61 Å². The van der Waals surface area contributed by atoms with Crippen LogP contribution in [0.3, 0.4) is 0 Å². The zero-order chi connectivity index (χ0) is 11.7. The minimum atomic E-state index is 0.485. The number of nitrogens with zero attached hydrogens (tertiary/aromatic N) is 2. The van der Waals surface area contributed by atoms with Gasteiger partial charge in [0.2, 0.25) is 5.88 Å². The molecular formula is C11H7ClN2OS2. The van der Waals surface area contributed by atoms with Crippen molar-refractivity contribution >= 4 is 44.5 Å². The highest BCUT2D eigenvalue weighted by Gasteiger charge is 2.06. The average Bonchev–Trinajstić information content (AvgIpc) is 2.94. The van der Waals surface area contributed by atoms with Crippen molar-refractivity contribution in [2.75, 3.05) is 0 Å². The molecule has 0 saturated carbocycles. The minimum Gasteiger partial charge on any atom is -0.471 e. The van der Waals surface area contributed by atoms with Crippen LogP contribution in [0, 0.1) is 0 Å². The number of hydrogen-bond donors (Lipinski definition) is 0. The third kappa shape index (κ3) is 2.26. The molecule has 3 rings (SSSR count). The van der Waals surface area contributed by atoms with Crippen molar-refractivity contribution < 1.29 is 4.74 Å². The van der Waals surface area contributed by atoms with Gasteiger partial charge >= 0.3 is 0 Å². The first kappa shape index (κ1) is 11.0. The highest BCUT2D eigenvalue weighted by Crippen LogP contribution is 2.27. The lowest BCUT2D eigenvalue weighted by Crippen LogP contribution is -1.95. The maximum Gasteiger partial charge on any atom is 0.225 e. The van der Waals surface area contributed by atoms with E-state index in [1.807, 2.05) is 23.6 Å². The van der Waals surface area contributed by atoms with Gasteiger partial charge in [0.05, 0.1) is 9.72 Å². The summed E-state index contributed by atoms with van der Waals surface area (Å²) in [7, 11) is 0. The summed E-state index contributed by atoms with van der Waals surface area (Å²) in [5.41, 5.74) is 0. The Kier molecular flexibility index (Phi) is 2.96. The lowest BCUT2D eigenvalue weighted by atomic mass is 10.4. The van der Waals surface area contributed by atoms with Gasteiger partial charge in [-0.25, -0.2) is 9.97 Å². The third-order valence-corrected chi connectivity index (χ3v) is 4.23. The molecule has 0 atom stereocenters. The first-order valence-corrected chi connectivity index (χ1v) is 6.95. The molecule has 86 valence electrons. The summed E-state index contributed by atoms with van der Waals surface area (Å²) < 4.78 is 6.45. The van der Waals surface area contributed by atoms with Gasteiger partial charge in [-0.15, -0.1) is 22.7 Å². The quantitative estimate of drug-likeness (QED) is 0.729. The van der Waals surface area contributed by atoms with Crippen molar-refractivity contribution in [1.82, 2.24) is 9.97 Å². The fraction of sp³-hybridized carbons (Fsp3) is 0.0909. The van der Waals surface area contributed by atoms with Crippen LogP contribution in [0.2, 0.25) is 4.34 Å². The van der Waals surface area contributed by atoms with Crippen molar-refractivity contribution in [2.45, 2.75) is 6.61 Å². The van der Waals surface area contributed by atoms with Gasteiger partial charge in [-0.05, 0) is 23.6 Å². The maximum absolute atomic E-state index is 5.86. The van der Waals surface area contributed by atoms with Crippen LogP contribution in [0.4, 0.5) is 0 Å². The molecule has 0 aliphatic heterocycles. The Hall–Kier alpha value is -1.17. The number of hydrogen-bond acceptors (Lipinski definition) is 5. The Bertz CT molecular complexity index is 650. The Morgan fingerprint density at radius 3 is 3.00 bits per heavy atom. The molecule has 0 fully saturated rings. The lowest BCUT2D eigenvalue weighted by Gasteiger charge is -2.03. The van der Waals surface area contributed by atoms with Gasteiger partial charge in [0.25, 0.3) is 0 Å². The van der Waals surface area contributed by atoms with Gasteiger partial charge < -0.3 is 4.74 Å². The number of rotatable bonds is 3. The molecule has 17 heavy (non-hydrogen) atoms. The molecule has 0 bridgehead atoms. The minimum absolute atomic E-state index is 0.485. The number of ether oxygens (including phenoxy) is 1. The summed E-state index contributed by atoms with van der Waals surface area (Å²) in [6.45, 7) is 0.485. The molecule has 3 nitrogen and oxygen atoms in total. The lowest BCUT2D eigenvalue weighted by molar-refractivity contribution is 0.301. The van der Waals surface area contributed by atoms with E-state index in [0.29, 0.717) is 12.5 Å². The molecule has 6 heteroatoms. The van der Waals surface area contributed by atoms with Crippen LogP contribution in [0.15, 0.2) is 29.9 Å². The number of fused-ring (bicyclic) bond motifs is 1. The molecule has 0 spiro atoms. The van der Waals surface area contributed by atoms with E-state index in [0.717, 1.165) is 19.4 Å². The molecular weight excluding hydrogens is 276 g/mol. The summed E-state index contributed by atoms with van der Waals surface area (Å²) in [6.07, 6.45) is 1.52. The average molecular weight is 283 g/mol. The van der Waals surface area contributed by atoms with E-state index in [-0.39, 0.29) is 0 Å². The van der Waals surface area contributed by atoms with Crippen LogP contribution in [0.1, 0.15) is 4.88 Å². The predicted octanol–water partition coefficient (Wildman–Crippen LogP) is 3.99. The van der Waals surface area contributed by atoms with Gasteiger partial charge in [-0.3, -0.25) is 0 Å². The number of aromatic nitrogens is 2. The van der Waals surface area contributed by atoms with E-state index in [1.54, 1.807) is 11.3 Å². The van der Waals surface area contributed by atoms with Gasteiger partial charge in [-0.2, -0.15) is 0 Å². The van der Waals surface area contributed by atoms with Gasteiger partial charge in [0.15, 0.2) is 0 Å². The molecule has 3 aromatic heterocycles. The zero-order valence-electron chi connectivity index (χ0n) is 8.59. The van der Waals surface area contributed by atoms with E-state index in [2.05, 4.69) is 9.97 Å². The van der Waals surface area contributed by atoms with Crippen LogP contribution in [-0.4, -0.2) is 9.97 Å². The number of halogens is 1. The predicted molar refractivity (Wildman–Crippen MR) is 71.1 cm³/mol. The highest BCUT2D eigenvalue weighted by atomic mass is 35.5. The summed E-state index contributed by atoms with van der Waals surface area (Å²) in [4.78, 5) is 10.3. The molecule has 0 amide bonds. The van der Waals surface area contributed by atoms with E-state index >= 15 is 0 Å². The molecule has 0 saturated heterocycles.